The zero-order valence-electron chi connectivity index (χ0n) is 11.3. The number of anilines is 1. The van der Waals surface area contributed by atoms with Crippen molar-refractivity contribution in [1.29, 1.82) is 0 Å². The normalized spacial score (nSPS) is 11.2. The van der Waals surface area contributed by atoms with Gasteiger partial charge in [0.2, 0.25) is 0 Å². The summed E-state index contributed by atoms with van der Waals surface area (Å²) in [5.74, 6) is 0. The number of ether oxygens (including phenoxy) is 1. The quantitative estimate of drug-likeness (QED) is 0.807. The highest BCUT2D eigenvalue weighted by Gasteiger charge is 2.02. The van der Waals surface area contributed by atoms with Crippen molar-refractivity contribution in [3.8, 4) is 0 Å². The molecule has 0 amide bonds. The fourth-order valence-corrected chi connectivity index (χ4v) is 2.06. The average Bonchev–Trinajstić information content (AvgIpc) is 2.38. The van der Waals surface area contributed by atoms with E-state index in [1.165, 1.54) is 0 Å². The largest absolute Gasteiger partial charge is 0.384 e. The Labute approximate surface area is 118 Å². The van der Waals surface area contributed by atoms with Crippen LogP contribution in [0, 0.1) is 0 Å². The van der Waals surface area contributed by atoms with Crippen molar-refractivity contribution in [2.24, 2.45) is 0 Å². The maximum atomic E-state index is 6.03. The molecule has 3 nitrogen and oxygen atoms in total. The molecule has 2 aromatic rings. The van der Waals surface area contributed by atoms with Crippen LogP contribution in [0.5, 0.6) is 0 Å². The molecule has 0 bridgehead atoms. The van der Waals surface area contributed by atoms with Gasteiger partial charge in [0, 0.05) is 35.4 Å². The molecule has 0 fully saturated rings. The highest BCUT2D eigenvalue weighted by atomic mass is 35.5. The van der Waals surface area contributed by atoms with E-state index >= 15 is 0 Å². The lowest BCUT2D eigenvalue weighted by molar-refractivity contribution is 0.0787. The summed E-state index contributed by atoms with van der Waals surface area (Å²) in [7, 11) is 0. The van der Waals surface area contributed by atoms with Crippen LogP contribution < -0.4 is 5.32 Å². The van der Waals surface area contributed by atoms with Crippen molar-refractivity contribution in [3.05, 3.63) is 35.5 Å². The number of rotatable bonds is 6. The fraction of sp³-hybridized carbons (Fsp3) is 0.400. The van der Waals surface area contributed by atoms with Crippen LogP contribution in [0.15, 0.2) is 30.5 Å². The van der Waals surface area contributed by atoms with E-state index in [1.54, 1.807) is 0 Å². The Morgan fingerprint density at radius 2 is 2.16 bits per heavy atom. The Hall–Kier alpha value is -1.32. The Kier molecular flexibility index (Phi) is 5.00. The van der Waals surface area contributed by atoms with Gasteiger partial charge in [0.1, 0.15) is 0 Å². The molecule has 0 aliphatic carbocycles. The molecule has 0 saturated carbocycles. The third kappa shape index (κ3) is 4.08. The lowest BCUT2D eigenvalue weighted by Gasteiger charge is -2.11. The molecule has 102 valence electrons. The van der Waals surface area contributed by atoms with Crippen LogP contribution in [0.4, 0.5) is 5.69 Å². The van der Waals surface area contributed by atoms with Crippen molar-refractivity contribution in [1.82, 2.24) is 4.98 Å². The smallest absolute Gasteiger partial charge is 0.0723 e. The predicted molar refractivity (Wildman–Crippen MR) is 80.9 cm³/mol. The molecule has 19 heavy (non-hydrogen) atoms. The van der Waals surface area contributed by atoms with Gasteiger partial charge >= 0.3 is 0 Å². The van der Waals surface area contributed by atoms with Gasteiger partial charge in [0.05, 0.1) is 11.6 Å². The Morgan fingerprint density at radius 3 is 2.95 bits per heavy atom. The number of benzene rings is 1. The molecule has 0 saturated heterocycles. The SMILES string of the molecule is CC(C)OCCCNc1ccnc2ccc(Cl)cc12. The predicted octanol–water partition coefficient (Wildman–Crippen LogP) is 4.12. The Balaban J connectivity index is 1.98. The van der Waals surface area contributed by atoms with Gasteiger partial charge < -0.3 is 10.1 Å². The molecular weight excluding hydrogens is 260 g/mol. The van der Waals surface area contributed by atoms with Crippen LogP contribution in [0.2, 0.25) is 5.02 Å². The molecule has 1 heterocycles. The summed E-state index contributed by atoms with van der Waals surface area (Å²) in [6.45, 7) is 5.74. The van der Waals surface area contributed by atoms with E-state index in [9.17, 15) is 0 Å². The van der Waals surface area contributed by atoms with Crippen molar-refractivity contribution in [2.45, 2.75) is 26.4 Å². The molecule has 2 rings (SSSR count). The van der Waals surface area contributed by atoms with E-state index in [0.29, 0.717) is 6.10 Å². The van der Waals surface area contributed by atoms with Gasteiger partial charge in [-0.15, -0.1) is 0 Å². The van der Waals surface area contributed by atoms with Gasteiger partial charge in [-0.1, -0.05) is 11.6 Å². The fourth-order valence-electron chi connectivity index (χ4n) is 1.89. The highest BCUT2D eigenvalue weighted by molar-refractivity contribution is 6.31. The number of aromatic nitrogens is 1. The minimum atomic E-state index is 0.292. The van der Waals surface area contributed by atoms with Crippen LogP contribution in [0.25, 0.3) is 10.9 Å². The first-order valence-corrected chi connectivity index (χ1v) is 6.94. The summed E-state index contributed by atoms with van der Waals surface area (Å²) in [4.78, 5) is 4.33. The average molecular weight is 279 g/mol. The van der Waals surface area contributed by atoms with Crippen LogP contribution in [0.3, 0.4) is 0 Å². The van der Waals surface area contributed by atoms with Crippen LogP contribution in [0.1, 0.15) is 20.3 Å². The van der Waals surface area contributed by atoms with Crippen LogP contribution >= 0.6 is 11.6 Å². The van der Waals surface area contributed by atoms with Crippen molar-refractivity contribution in [2.75, 3.05) is 18.5 Å². The van der Waals surface area contributed by atoms with Crippen molar-refractivity contribution in [3.63, 3.8) is 0 Å². The first kappa shape index (κ1) is 14.1. The summed E-state index contributed by atoms with van der Waals surface area (Å²) < 4.78 is 5.51. The number of pyridine rings is 1. The molecule has 1 aromatic carbocycles. The van der Waals surface area contributed by atoms with Crippen LogP contribution in [-0.4, -0.2) is 24.2 Å². The molecule has 0 unspecified atom stereocenters. The summed E-state index contributed by atoms with van der Waals surface area (Å²) in [5.41, 5.74) is 2.02. The lowest BCUT2D eigenvalue weighted by atomic mass is 10.2. The van der Waals surface area contributed by atoms with E-state index in [0.717, 1.165) is 41.2 Å². The first-order chi connectivity index (χ1) is 9.16. The maximum absolute atomic E-state index is 6.03. The van der Waals surface area contributed by atoms with E-state index in [2.05, 4.69) is 10.3 Å². The van der Waals surface area contributed by atoms with Gasteiger partial charge in [-0.2, -0.15) is 0 Å². The molecule has 0 atom stereocenters. The zero-order valence-corrected chi connectivity index (χ0v) is 12.1. The number of nitrogens with one attached hydrogen (secondary N) is 1. The minimum Gasteiger partial charge on any atom is -0.384 e. The summed E-state index contributed by atoms with van der Waals surface area (Å²) in [6, 6.07) is 7.71. The van der Waals surface area contributed by atoms with Gasteiger partial charge in [0.15, 0.2) is 0 Å². The number of halogens is 1. The zero-order chi connectivity index (χ0) is 13.7. The van der Waals surface area contributed by atoms with Gasteiger partial charge in [-0.25, -0.2) is 0 Å². The number of hydrogen-bond donors (Lipinski definition) is 1. The third-order valence-electron chi connectivity index (χ3n) is 2.79. The number of fused-ring (bicyclic) bond motifs is 1. The molecule has 0 spiro atoms. The molecule has 1 N–H and O–H groups in total. The van der Waals surface area contributed by atoms with Gasteiger partial charge in [-0.05, 0) is 44.5 Å². The van der Waals surface area contributed by atoms with Crippen molar-refractivity contribution >= 4 is 28.2 Å². The van der Waals surface area contributed by atoms with Gasteiger partial charge in [-0.3, -0.25) is 4.98 Å². The summed E-state index contributed by atoms with van der Waals surface area (Å²) >= 11 is 6.03. The summed E-state index contributed by atoms with van der Waals surface area (Å²) in [6.07, 6.45) is 3.08. The van der Waals surface area contributed by atoms with E-state index in [4.69, 9.17) is 16.3 Å². The monoisotopic (exact) mass is 278 g/mol. The first-order valence-electron chi connectivity index (χ1n) is 6.56. The minimum absolute atomic E-state index is 0.292. The third-order valence-corrected chi connectivity index (χ3v) is 3.03. The molecule has 1 aromatic heterocycles. The molecule has 0 radical (unpaired) electrons. The van der Waals surface area contributed by atoms with Crippen molar-refractivity contribution < 1.29 is 4.74 Å². The van der Waals surface area contributed by atoms with E-state index in [1.807, 2.05) is 44.3 Å². The number of hydrogen-bond acceptors (Lipinski definition) is 3. The standard InChI is InChI=1S/C15H19ClN2O/c1-11(2)19-9-3-7-17-15-6-8-18-14-5-4-12(16)10-13(14)15/h4-6,8,10-11H,3,7,9H2,1-2H3,(H,17,18). The number of nitrogens with zero attached hydrogens (tertiary/aromatic N) is 1. The topological polar surface area (TPSA) is 34.1 Å². The molecular formula is C15H19ClN2O. The van der Waals surface area contributed by atoms with Gasteiger partial charge in [0.25, 0.3) is 0 Å². The second-order valence-electron chi connectivity index (χ2n) is 4.72. The second-order valence-corrected chi connectivity index (χ2v) is 5.16. The molecule has 0 aliphatic heterocycles. The highest BCUT2D eigenvalue weighted by Crippen LogP contribution is 2.24. The lowest BCUT2D eigenvalue weighted by Crippen LogP contribution is -2.09. The maximum Gasteiger partial charge on any atom is 0.0723 e. The van der Waals surface area contributed by atoms with E-state index in [-0.39, 0.29) is 0 Å². The van der Waals surface area contributed by atoms with Crippen LogP contribution in [-0.2, 0) is 4.74 Å². The Bertz CT molecular complexity index is 543. The molecule has 4 heteroatoms. The summed E-state index contributed by atoms with van der Waals surface area (Å²) in [5, 5.41) is 5.19. The van der Waals surface area contributed by atoms with E-state index < -0.39 is 0 Å². The molecule has 0 aliphatic rings. The second kappa shape index (κ2) is 6.73. The Morgan fingerprint density at radius 1 is 1.32 bits per heavy atom.